The molecular formula is C12H16N2O3S. The summed E-state index contributed by atoms with van der Waals surface area (Å²) in [6.07, 6.45) is 0. The van der Waals surface area contributed by atoms with Gasteiger partial charge in [0.25, 0.3) is 5.91 Å². The predicted molar refractivity (Wildman–Crippen MR) is 70.8 cm³/mol. The molecule has 6 heteroatoms. The number of hydrogen-bond acceptors (Lipinski definition) is 4. The van der Waals surface area contributed by atoms with E-state index in [9.17, 15) is 9.00 Å². The number of benzene rings is 1. The van der Waals surface area contributed by atoms with Gasteiger partial charge in [-0.1, -0.05) is 6.07 Å². The zero-order chi connectivity index (χ0) is 13.0. The molecule has 0 atom stereocenters. The van der Waals surface area contributed by atoms with Crippen LogP contribution in [0.25, 0.3) is 0 Å². The summed E-state index contributed by atoms with van der Waals surface area (Å²) in [7, 11) is -0.772. The first-order chi connectivity index (χ1) is 8.65. The largest absolute Gasteiger partial charge is 0.484 e. The Hall–Kier alpha value is -1.56. The highest BCUT2D eigenvalue weighted by Gasteiger charge is 2.20. The Bertz CT molecular complexity index is 454. The number of nitrogen functional groups attached to an aromatic ring is 1. The van der Waals surface area contributed by atoms with Gasteiger partial charge in [0.15, 0.2) is 6.61 Å². The first-order valence-electron chi connectivity index (χ1n) is 5.76. The van der Waals surface area contributed by atoms with Crippen molar-refractivity contribution in [3.63, 3.8) is 0 Å². The molecule has 18 heavy (non-hydrogen) atoms. The minimum Gasteiger partial charge on any atom is -0.484 e. The Kier molecular flexibility index (Phi) is 4.19. The van der Waals surface area contributed by atoms with Crippen LogP contribution < -0.4 is 10.5 Å². The second kappa shape index (κ2) is 5.86. The average molecular weight is 268 g/mol. The van der Waals surface area contributed by atoms with E-state index in [2.05, 4.69) is 0 Å². The lowest BCUT2D eigenvalue weighted by atomic mass is 10.3. The van der Waals surface area contributed by atoms with Crippen LogP contribution in [-0.4, -0.2) is 46.2 Å². The van der Waals surface area contributed by atoms with Crippen LogP contribution in [0.3, 0.4) is 0 Å². The Morgan fingerprint density at radius 2 is 2.11 bits per heavy atom. The lowest BCUT2D eigenvalue weighted by Crippen LogP contribution is -2.43. The van der Waals surface area contributed by atoms with Crippen molar-refractivity contribution < 1.29 is 13.7 Å². The highest BCUT2D eigenvalue weighted by Crippen LogP contribution is 2.14. The van der Waals surface area contributed by atoms with Gasteiger partial charge in [-0.2, -0.15) is 0 Å². The number of amides is 1. The van der Waals surface area contributed by atoms with Gasteiger partial charge in [-0.05, 0) is 12.1 Å². The molecule has 0 bridgehead atoms. The molecule has 1 amide bonds. The van der Waals surface area contributed by atoms with E-state index in [-0.39, 0.29) is 12.5 Å². The van der Waals surface area contributed by atoms with Crippen molar-refractivity contribution in [3.8, 4) is 5.75 Å². The van der Waals surface area contributed by atoms with E-state index in [1.54, 1.807) is 29.2 Å². The molecule has 1 aromatic carbocycles. The molecule has 1 saturated heterocycles. The van der Waals surface area contributed by atoms with Crippen LogP contribution in [0, 0.1) is 0 Å². The SMILES string of the molecule is Nc1cccc(OCC(=O)N2CCS(=O)CC2)c1. The first-order valence-corrected chi connectivity index (χ1v) is 7.25. The van der Waals surface area contributed by atoms with Crippen LogP contribution in [0.1, 0.15) is 0 Å². The molecule has 0 radical (unpaired) electrons. The molecular weight excluding hydrogens is 252 g/mol. The van der Waals surface area contributed by atoms with Gasteiger partial charge in [-0.25, -0.2) is 0 Å². The van der Waals surface area contributed by atoms with E-state index < -0.39 is 10.8 Å². The third kappa shape index (κ3) is 3.46. The number of nitrogens with zero attached hydrogens (tertiary/aromatic N) is 1. The molecule has 2 N–H and O–H groups in total. The van der Waals surface area contributed by atoms with Gasteiger partial charge in [0.1, 0.15) is 5.75 Å². The standard InChI is InChI=1S/C12H16N2O3S/c13-10-2-1-3-11(8-10)17-9-12(15)14-4-6-18(16)7-5-14/h1-3,8H,4-7,9,13H2. The normalized spacial score (nSPS) is 16.6. The summed E-state index contributed by atoms with van der Waals surface area (Å²) in [5.74, 6) is 1.63. The van der Waals surface area contributed by atoms with E-state index in [4.69, 9.17) is 10.5 Å². The minimum atomic E-state index is -0.772. The average Bonchev–Trinajstić information content (AvgIpc) is 2.37. The first kappa shape index (κ1) is 12.9. The van der Waals surface area contributed by atoms with Crippen molar-refractivity contribution in [3.05, 3.63) is 24.3 Å². The van der Waals surface area contributed by atoms with Gasteiger partial charge < -0.3 is 15.4 Å². The van der Waals surface area contributed by atoms with Crippen molar-refractivity contribution in [1.82, 2.24) is 4.90 Å². The molecule has 1 aromatic rings. The van der Waals surface area contributed by atoms with E-state index >= 15 is 0 Å². The number of rotatable bonds is 3. The number of anilines is 1. The number of hydrogen-bond donors (Lipinski definition) is 1. The summed E-state index contributed by atoms with van der Waals surface area (Å²) in [4.78, 5) is 13.5. The van der Waals surface area contributed by atoms with Crippen LogP contribution in [0.4, 0.5) is 5.69 Å². The summed E-state index contributed by atoms with van der Waals surface area (Å²) in [5.41, 5.74) is 6.22. The molecule has 0 saturated carbocycles. The fraction of sp³-hybridized carbons (Fsp3) is 0.417. The Labute approximate surface area is 108 Å². The second-order valence-corrected chi connectivity index (χ2v) is 5.79. The zero-order valence-electron chi connectivity index (χ0n) is 10.0. The summed E-state index contributed by atoms with van der Waals surface area (Å²) in [5, 5.41) is 0. The maximum absolute atomic E-state index is 11.8. The molecule has 2 rings (SSSR count). The lowest BCUT2D eigenvalue weighted by molar-refractivity contribution is -0.133. The number of carbonyl (C=O) groups excluding carboxylic acids is 1. The molecule has 0 aromatic heterocycles. The molecule has 0 spiro atoms. The van der Waals surface area contributed by atoms with Crippen LogP contribution >= 0.6 is 0 Å². The van der Waals surface area contributed by atoms with E-state index in [0.717, 1.165) is 0 Å². The molecule has 98 valence electrons. The third-order valence-electron chi connectivity index (χ3n) is 2.75. The molecule has 0 unspecified atom stereocenters. The van der Waals surface area contributed by atoms with E-state index in [1.165, 1.54) is 0 Å². The Morgan fingerprint density at radius 3 is 2.78 bits per heavy atom. The number of nitrogens with two attached hydrogens (primary N) is 1. The van der Waals surface area contributed by atoms with E-state index in [0.29, 0.717) is 36.0 Å². The van der Waals surface area contributed by atoms with Crippen LogP contribution in [0.5, 0.6) is 5.75 Å². The summed E-state index contributed by atoms with van der Waals surface area (Å²) >= 11 is 0. The zero-order valence-corrected chi connectivity index (χ0v) is 10.8. The maximum atomic E-state index is 11.8. The fourth-order valence-corrected chi connectivity index (χ4v) is 2.78. The van der Waals surface area contributed by atoms with Crippen LogP contribution in [-0.2, 0) is 15.6 Å². The fourth-order valence-electron chi connectivity index (χ4n) is 1.73. The van der Waals surface area contributed by atoms with Gasteiger partial charge >= 0.3 is 0 Å². The van der Waals surface area contributed by atoms with E-state index in [1.807, 2.05) is 0 Å². The molecule has 1 aliphatic heterocycles. The molecule has 1 aliphatic rings. The maximum Gasteiger partial charge on any atom is 0.260 e. The highest BCUT2D eigenvalue weighted by molar-refractivity contribution is 7.85. The Balaban J connectivity index is 1.83. The molecule has 5 nitrogen and oxygen atoms in total. The van der Waals surface area contributed by atoms with Crippen molar-refractivity contribution in [2.24, 2.45) is 0 Å². The quantitative estimate of drug-likeness (QED) is 0.797. The monoisotopic (exact) mass is 268 g/mol. The smallest absolute Gasteiger partial charge is 0.260 e. The Morgan fingerprint density at radius 1 is 1.39 bits per heavy atom. The van der Waals surface area contributed by atoms with Crippen LogP contribution in [0.15, 0.2) is 24.3 Å². The van der Waals surface area contributed by atoms with Crippen molar-refractivity contribution in [2.45, 2.75) is 0 Å². The summed E-state index contributed by atoms with van der Waals surface area (Å²) < 4.78 is 16.6. The number of carbonyl (C=O) groups is 1. The minimum absolute atomic E-state index is 0.00388. The van der Waals surface area contributed by atoms with Gasteiger partial charge in [0, 0.05) is 47.1 Å². The van der Waals surface area contributed by atoms with Gasteiger partial charge in [0.2, 0.25) is 0 Å². The van der Waals surface area contributed by atoms with Gasteiger partial charge in [-0.15, -0.1) is 0 Å². The van der Waals surface area contributed by atoms with Crippen molar-refractivity contribution in [2.75, 3.05) is 36.9 Å². The topological polar surface area (TPSA) is 72.6 Å². The van der Waals surface area contributed by atoms with Gasteiger partial charge in [0.05, 0.1) is 0 Å². The highest BCUT2D eigenvalue weighted by atomic mass is 32.2. The third-order valence-corrected chi connectivity index (χ3v) is 4.03. The molecule has 1 fully saturated rings. The number of ether oxygens (including phenoxy) is 1. The van der Waals surface area contributed by atoms with Crippen molar-refractivity contribution >= 4 is 22.4 Å². The van der Waals surface area contributed by atoms with Crippen LogP contribution in [0.2, 0.25) is 0 Å². The molecule has 1 heterocycles. The predicted octanol–water partition coefficient (Wildman–Crippen LogP) is 0.238. The second-order valence-electron chi connectivity index (χ2n) is 4.09. The summed E-state index contributed by atoms with van der Waals surface area (Å²) in [6, 6.07) is 6.97. The van der Waals surface area contributed by atoms with Crippen molar-refractivity contribution in [1.29, 1.82) is 0 Å². The van der Waals surface area contributed by atoms with Gasteiger partial charge in [-0.3, -0.25) is 9.00 Å². The lowest BCUT2D eigenvalue weighted by Gasteiger charge is -2.26. The summed E-state index contributed by atoms with van der Waals surface area (Å²) in [6.45, 7) is 1.09. The molecule has 0 aliphatic carbocycles.